The lowest BCUT2D eigenvalue weighted by atomic mass is 9.86. The van der Waals surface area contributed by atoms with Crippen LogP contribution in [0.1, 0.15) is 33.5 Å². The van der Waals surface area contributed by atoms with Crippen molar-refractivity contribution in [1.82, 2.24) is 4.98 Å². The maximum Gasteiger partial charge on any atom is 0.280 e. The van der Waals surface area contributed by atoms with Crippen LogP contribution in [0.15, 0.2) is 47.6 Å². The number of allylic oxidation sites excluding steroid dienone is 1. The minimum atomic E-state index is -0.463. The van der Waals surface area contributed by atoms with Crippen LogP contribution in [-0.4, -0.2) is 16.9 Å². The normalized spacial score (nSPS) is 13.0. The fourth-order valence-electron chi connectivity index (χ4n) is 2.68. The van der Waals surface area contributed by atoms with Gasteiger partial charge in [-0.05, 0) is 53.8 Å². The van der Waals surface area contributed by atoms with Gasteiger partial charge in [0.25, 0.3) is 5.91 Å². The second-order valence-electron chi connectivity index (χ2n) is 5.21. The molecule has 2 aromatic rings. The quantitative estimate of drug-likeness (QED) is 0.503. The summed E-state index contributed by atoms with van der Waals surface area (Å²) < 4.78 is 0. The Balaban J connectivity index is 2.09. The van der Waals surface area contributed by atoms with Crippen LogP contribution in [0.2, 0.25) is 5.15 Å². The van der Waals surface area contributed by atoms with E-state index in [-0.39, 0.29) is 5.96 Å². The molecule has 1 aromatic heterocycles. The van der Waals surface area contributed by atoms with E-state index in [9.17, 15) is 4.79 Å². The van der Waals surface area contributed by atoms with Crippen LogP contribution >= 0.6 is 11.6 Å². The number of fused-ring (bicyclic) bond motifs is 1. The maximum absolute atomic E-state index is 12.0. The summed E-state index contributed by atoms with van der Waals surface area (Å²) in [7, 11) is 0. The van der Waals surface area contributed by atoms with Gasteiger partial charge in [0, 0.05) is 17.3 Å². The van der Waals surface area contributed by atoms with Crippen LogP contribution in [0.3, 0.4) is 0 Å². The first-order chi connectivity index (χ1) is 11.1. The number of nitrogens with zero attached hydrogens (tertiary/aromatic N) is 2. The van der Waals surface area contributed by atoms with Crippen LogP contribution in [-0.2, 0) is 6.42 Å². The lowest BCUT2D eigenvalue weighted by molar-refractivity contribution is 0.100. The van der Waals surface area contributed by atoms with Crippen LogP contribution < -0.4 is 11.5 Å². The van der Waals surface area contributed by atoms with Gasteiger partial charge in [0.1, 0.15) is 5.15 Å². The SMILES string of the molecule is NC(N)=NC(=O)c1ccc2c(c1)C(c1cccnc1Cl)=CCC2. The zero-order valence-corrected chi connectivity index (χ0v) is 13.0. The highest BCUT2D eigenvalue weighted by molar-refractivity contribution is 6.31. The smallest absolute Gasteiger partial charge is 0.280 e. The van der Waals surface area contributed by atoms with Crippen LogP contribution in [0.4, 0.5) is 0 Å². The average molecular weight is 327 g/mol. The molecule has 5 nitrogen and oxygen atoms in total. The molecule has 0 bridgehead atoms. The lowest BCUT2D eigenvalue weighted by Gasteiger charge is -2.19. The van der Waals surface area contributed by atoms with Crippen LogP contribution in [0, 0.1) is 0 Å². The summed E-state index contributed by atoms with van der Waals surface area (Å²) in [4.78, 5) is 19.8. The Kier molecular flexibility index (Phi) is 4.12. The predicted molar refractivity (Wildman–Crippen MR) is 91.2 cm³/mol. The average Bonchev–Trinajstić information content (AvgIpc) is 2.54. The zero-order valence-electron chi connectivity index (χ0n) is 12.3. The fraction of sp³-hybridized carbons (Fsp3) is 0.118. The van der Waals surface area contributed by atoms with Crippen molar-refractivity contribution in [2.24, 2.45) is 16.5 Å². The molecule has 0 saturated heterocycles. The van der Waals surface area contributed by atoms with E-state index in [2.05, 4.69) is 16.1 Å². The first-order valence-electron chi connectivity index (χ1n) is 7.14. The summed E-state index contributed by atoms with van der Waals surface area (Å²) >= 11 is 6.22. The van der Waals surface area contributed by atoms with Gasteiger partial charge in [0.2, 0.25) is 0 Å². The highest BCUT2D eigenvalue weighted by atomic mass is 35.5. The number of aromatic nitrogens is 1. The maximum atomic E-state index is 12.0. The Bertz CT molecular complexity index is 838. The largest absolute Gasteiger partial charge is 0.370 e. The molecule has 1 aromatic carbocycles. The Morgan fingerprint density at radius 2 is 2.04 bits per heavy atom. The molecule has 0 spiro atoms. The Labute approximate surface area is 138 Å². The van der Waals surface area contributed by atoms with E-state index < -0.39 is 5.91 Å². The summed E-state index contributed by atoms with van der Waals surface area (Å²) in [5.41, 5.74) is 14.9. The van der Waals surface area contributed by atoms with Crippen molar-refractivity contribution in [2.45, 2.75) is 12.8 Å². The third kappa shape index (κ3) is 3.10. The topological polar surface area (TPSA) is 94.4 Å². The van der Waals surface area contributed by atoms with Crippen molar-refractivity contribution in [3.63, 3.8) is 0 Å². The van der Waals surface area contributed by atoms with Crippen molar-refractivity contribution in [3.05, 3.63) is 70.0 Å². The number of hydrogen-bond donors (Lipinski definition) is 2. The summed E-state index contributed by atoms with van der Waals surface area (Å²) in [6, 6.07) is 9.23. The molecule has 0 radical (unpaired) electrons. The van der Waals surface area contributed by atoms with Gasteiger partial charge in [-0.3, -0.25) is 4.79 Å². The molecule has 1 heterocycles. The molecule has 1 amide bonds. The minimum Gasteiger partial charge on any atom is -0.370 e. The van der Waals surface area contributed by atoms with E-state index in [0.717, 1.165) is 35.1 Å². The Hall–Kier alpha value is -2.66. The number of aryl methyl sites for hydroxylation is 1. The lowest BCUT2D eigenvalue weighted by Crippen LogP contribution is -2.24. The second kappa shape index (κ2) is 6.22. The zero-order chi connectivity index (χ0) is 16.4. The van der Waals surface area contributed by atoms with E-state index in [1.807, 2.05) is 18.2 Å². The summed E-state index contributed by atoms with van der Waals surface area (Å²) in [5, 5.41) is 0.438. The number of halogens is 1. The number of carbonyl (C=O) groups is 1. The first kappa shape index (κ1) is 15.2. The number of hydrogen-bond acceptors (Lipinski definition) is 2. The molecular formula is C17H15ClN4O. The van der Waals surface area contributed by atoms with Gasteiger partial charge < -0.3 is 11.5 Å². The molecular weight excluding hydrogens is 312 g/mol. The molecule has 0 fully saturated rings. The number of benzene rings is 1. The van der Waals surface area contributed by atoms with E-state index in [1.54, 1.807) is 18.3 Å². The number of guanidine groups is 1. The van der Waals surface area contributed by atoms with Gasteiger partial charge in [-0.25, -0.2) is 4.98 Å². The van der Waals surface area contributed by atoms with Gasteiger partial charge in [-0.15, -0.1) is 0 Å². The third-order valence-corrected chi connectivity index (χ3v) is 3.99. The Morgan fingerprint density at radius 3 is 2.78 bits per heavy atom. The number of pyridine rings is 1. The number of aliphatic imine (C=N–C) groups is 1. The fourth-order valence-corrected chi connectivity index (χ4v) is 2.91. The predicted octanol–water partition coefficient (Wildman–Crippen LogP) is 2.53. The van der Waals surface area contributed by atoms with Crippen molar-refractivity contribution in [1.29, 1.82) is 0 Å². The molecule has 1 aliphatic rings. The van der Waals surface area contributed by atoms with E-state index in [4.69, 9.17) is 23.1 Å². The molecule has 1 aliphatic carbocycles. The number of nitrogens with two attached hydrogens (primary N) is 2. The minimum absolute atomic E-state index is 0.251. The molecule has 0 saturated carbocycles. The molecule has 3 rings (SSSR count). The Morgan fingerprint density at radius 1 is 1.22 bits per heavy atom. The van der Waals surface area contributed by atoms with Gasteiger partial charge in [-0.1, -0.05) is 23.7 Å². The van der Waals surface area contributed by atoms with Gasteiger partial charge in [0.05, 0.1) is 0 Å². The standard InChI is InChI=1S/C17H15ClN4O/c18-15-13(5-2-8-21-15)12-4-1-3-10-6-7-11(9-14(10)12)16(23)22-17(19)20/h2,4-9H,1,3H2,(H4,19,20,22,23). The van der Waals surface area contributed by atoms with Crippen molar-refractivity contribution >= 4 is 29.0 Å². The molecule has 116 valence electrons. The molecule has 23 heavy (non-hydrogen) atoms. The van der Waals surface area contributed by atoms with Crippen molar-refractivity contribution < 1.29 is 4.79 Å². The summed E-state index contributed by atoms with van der Waals surface area (Å²) in [6.07, 6.45) is 5.58. The van der Waals surface area contributed by atoms with Gasteiger partial charge >= 0.3 is 0 Å². The highest BCUT2D eigenvalue weighted by Crippen LogP contribution is 2.34. The van der Waals surface area contributed by atoms with Crippen LogP contribution in [0.5, 0.6) is 0 Å². The van der Waals surface area contributed by atoms with E-state index >= 15 is 0 Å². The molecule has 0 aliphatic heterocycles. The van der Waals surface area contributed by atoms with Crippen LogP contribution in [0.25, 0.3) is 5.57 Å². The molecule has 4 N–H and O–H groups in total. The van der Waals surface area contributed by atoms with Crippen molar-refractivity contribution in [2.75, 3.05) is 0 Å². The monoisotopic (exact) mass is 326 g/mol. The third-order valence-electron chi connectivity index (χ3n) is 3.69. The van der Waals surface area contributed by atoms with E-state index in [1.165, 1.54) is 0 Å². The number of amides is 1. The molecule has 6 heteroatoms. The highest BCUT2D eigenvalue weighted by Gasteiger charge is 2.18. The number of rotatable bonds is 2. The second-order valence-corrected chi connectivity index (χ2v) is 5.57. The summed E-state index contributed by atoms with van der Waals surface area (Å²) in [6.45, 7) is 0. The van der Waals surface area contributed by atoms with Crippen molar-refractivity contribution in [3.8, 4) is 0 Å². The van der Waals surface area contributed by atoms with Gasteiger partial charge in [0.15, 0.2) is 5.96 Å². The van der Waals surface area contributed by atoms with E-state index in [0.29, 0.717) is 10.7 Å². The molecule has 0 unspecified atom stereocenters. The first-order valence-corrected chi connectivity index (χ1v) is 7.52. The number of carbonyl (C=O) groups excluding carboxylic acids is 1. The van der Waals surface area contributed by atoms with Gasteiger partial charge in [-0.2, -0.15) is 4.99 Å². The summed E-state index contributed by atoms with van der Waals surface area (Å²) in [5.74, 6) is -0.714. The molecule has 0 atom stereocenters.